The van der Waals surface area contributed by atoms with Gasteiger partial charge in [0, 0.05) is 12.5 Å². The summed E-state index contributed by atoms with van der Waals surface area (Å²) in [4.78, 5) is 12.6. The Bertz CT molecular complexity index is 903. The number of ether oxygens (including phenoxy) is 1. The largest absolute Gasteiger partial charge is 0.507 e. The Kier molecular flexibility index (Phi) is 5.29. The van der Waals surface area contributed by atoms with Gasteiger partial charge in [-0.2, -0.15) is 0 Å². The molecule has 8 heteroatoms. The first-order chi connectivity index (χ1) is 12.6. The summed E-state index contributed by atoms with van der Waals surface area (Å²) in [6.45, 7) is 4.71. The van der Waals surface area contributed by atoms with Crippen molar-refractivity contribution >= 4 is 11.0 Å². The van der Waals surface area contributed by atoms with Crippen LogP contribution in [-0.2, 0) is 11.2 Å². The van der Waals surface area contributed by atoms with Gasteiger partial charge in [-0.05, 0) is 32.4 Å². The van der Waals surface area contributed by atoms with Crippen LogP contribution < -0.4 is 5.43 Å². The molecule has 0 saturated carbocycles. The molecular formula is C19H24O8. The van der Waals surface area contributed by atoms with Gasteiger partial charge in [0.15, 0.2) is 5.43 Å². The molecule has 1 aromatic heterocycles. The van der Waals surface area contributed by atoms with Crippen LogP contribution in [0, 0.1) is 6.92 Å². The molecule has 0 aliphatic carbocycles. The van der Waals surface area contributed by atoms with Gasteiger partial charge in [0.1, 0.15) is 41.5 Å². The predicted octanol–water partition coefficient (Wildman–Crippen LogP) is 0.273. The molecule has 6 atom stereocenters. The Morgan fingerprint density at radius 1 is 1.15 bits per heavy atom. The lowest BCUT2D eigenvalue weighted by Gasteiger charge is -2.39. The molecule has 6 unspecified atom stereocenters. The minimum atomic E-state index is -1.54. The summed E-state index contributed by atoms with van der Waals surface area (Å²) in [5, 5.41) is 50.7. The number of fused-ring (bicyclic) bond motifs is 1. The number of phenols is 1. The number of benzene rings is 1. The number of aliphatic hydroxyl groups is 4. The van der Waals surface area contributed by atoms with Crippen LogP contribution >= 0.6 is 0 Å². The zero-order valence-corrected chi connectivity index (χ0v) is 15.3. The summed E-state index contributed by atoms with van der Waals surface area (Å²) in [5.74, 6) is -0.0510. The molecule has 5 N–H and O–H groups in total. The molecule has 27 heavy (non-hydrogen) atoms. The molecule has 0 spiro atoms. The van der Waals surface area contributed by atoms with Crippen molar-refractivity contribution in [2.75, 3.05) is 0 Å². The van der Waals surface area contributed by atoms with E-state index in [-0.39, 0.29) is 39.9 Å². The summed E-state index contributed by atoms with van der Waals surface area (Å²) < 4.78 is 11.4. The Balaban J connectivity index is 2.25. The van der Waals surface area contributed by atoms with Crippen molar-refractivity contribution in [1.29, 1.82) is 0 Å². The van der Waals surface area contributed by atoms with Crippen LogP contribution in [0.1, 0.15) is 36.8 Å². The summed E-state index contributed by atoms with van der Waals surface area (Å²) in [7, 11) is 0. The van der Waals surface area contributed by atoms with Gasteiger partial charge in [0.25, 0.3) is 0 Å². The molecule has 1 saturated heterocycles. The Labute approximate surface area is 155 Å². The topological polar surface area (TPSA) is 141 Å². The van der Waals surface area contributed by atoms with Gasteiger partial charge >= 0.3 is 0 Å². The molecule has 3 rings (SSSR count). The van der Waals surface area contributed by atoms with Gasteiger partial charge in [-0.15, -0.1) is 0 Å². The monoisotopic (exact) mass is 380 g/mol. The summed E-state index contributed by atoms with van der Waals surface area (Å²) >= 11 is 0. The summed E-state index contributed by atoms with van der Waals surface area (Å²) in [6, 6.07) is 2.64. The molecule has 1 aromatic carbocycles. The van der Waals surface area contributed by atoms with Gasteiger partial charge in [-0.1, -0.05) is 0 Å². The van der Waals surface area contributed by atoms with Gasteiger partial charge in [-0.3, -0.25) is 4.79 Å². The fraction of sp³-hybridized carbons (Fsp3) is 0.526. The smallest absolute Gasteiger partial charge is 0.193 e. The molecule has 0 radical (unpaired) electrons. The normalized spacial score (nSPS) is 29.8. The van der Waals surface area contributed by atoms with E-state index in [4.69, 9.17) is 9.15 Å². The van der Waals surface area contributed by atoms with Crippen molar-refractivity contribution in [2.24, 2.45) is 0 Å². The number of phenolic OH excluding ortho intramolecular Hbond substituents is 1. The highest BCUT2D eigenvalue weighted by Crippen LogP contribution is 2.41. The third-order valence-corrected chi connectivity index (χ3v) is 4.90. The summed E-state index contributed by atoms with van der Waals surface area (Å²) in [5.41, 5.74) is 0.160. The lowest BCUT2D eigenvalue weighted by molar-refractivity contribution is -0.219. The Morgan fingerprint density at radius 2 is 1.81 bits per heavy atom. The van der Waals surface area contributed by atoms with Gasteiger partial charge < -0.3 is 34.7 Å². The lowest BCUT2D eigenvalue weighted by Crippen LogP contribution is -2.53. The van der Waals surface area contributed by atoms with E-state index < -0.39 is 36.6 Å². The average molecular weight is 380 g/mol. The fourth-order valence-electron chi connectivity index (χ4n) is 3.53. The molecule has 2 aromatic rings. The van der Waals surface area contributed by atoms with Crippen molar-refractivity contribution < 1.29 is 34.7 Å². The number of aryl methyl sites for hydroxylation is 1. The molecule has 1 aliphatic heterocycles. The van der Waals surface area contributed by atoms with E-state index in [2.05, 4.69) is 0 Å². The van der Waals surface area contributed by atoms with E-state index in [9.17, 15) is 30.3 Å². The minimum Gasteiger partial charge on any atom is -0.507 e. The molecule has 0 amide bonds. The molecule has 1 aliphatic rings. The number of hydrogen-bond donors (Lipinski definition) is 5. The molecule has 0 bridgehead atoms. The highest BCUT2D eigenvalue weighted by molar-refractivity contribution is 5.86. The quantitative estimate of drug-likeness (QED) is 0.511. The second kappa shape index (κ2) is 7.21. The van der Waals surface area contributed by atoms with E-state index in [0.29, 0.717) is 5.56 Å². The second-order valence-corrected chi connectivity index (χ2v) is 7.19. The highest BCUT2D eigenvalue weighted by Gasteiger charge is 2.44. The lowest BCUT2D eigenvalue weighted by atomic mass is 9.89. The van der Waals surface area contributed by atoms with Crippen LogP contribution in [0.4, 0.5) is 0 Å². The van der Waals surface area contributed by atoms with Gasteiger partial charge in [0.2, 0.25) is 0 Å². The van der Waals surface area contributed by atoms with Crippen molar-refractivity contribution in [3.8, 4) is 5.75 Å². The Hall–Kier alpha value is -1.97. The maximum absolute atomic E-state index is 12.6. The van der Waals surface area contributed by atoms with E-state index in [1.54, 1.807) is 13.8 Å². The predicted molar refractivity (Wildman–Crippen MR) is 95.6 cm³/mol. The minimum absolute atomic E-state index is 0.0189. The first-order valence-electron chi connectivity index (χ1n) is 8.78. The van der Waals surface area contributed by atoms with Crippen molar-refractivity contribution in [2.45, 2.75) is 63.8 Å². The zero-order chi connectivity index (χ0) is 20.0. The Morgan fingerprint density at radius 3 is 2.44 bits per heavy atom. The van der Waals surface area contributed by atoms with Crippen molar-refractivity contribution in [3.05, 3.63) is 39.2 Å². The number of rotatable bonds is 3. The molecular weight excluding hydrogens is 356 g/mol. The van der Waals surface area contributed by atoms with Crippen LogP contribution in [0.3, 0.4) is 0 Å². The number of aromatic hydroxyl groups is 1. The van der Waals surface area contributed by atoms with Crippen LogP contribution in [0.2, 0.25) is 0 Å². The molecule has 148 valence electrons. The van der Waals surface area contributed by atoms with E-state index in [1.165, 1.54) is 19.1 Å². The third kappa shape index (κ3) is 3.46. The van der Waals surface area contributed by atoms with Crippen LogP contribution in [-0.4, -0.2) is 56.1 Å². The maximum Gasteiger partial charge on any atom is 0.193 e. The van der Waals surface area contributed by atoms with E-state index in [0.717, 1.165) is 0 Å². The van der Waals surface area contributed by atoms with Crippen LogP contribution in [0.25, 0.3) is 11.0 Å². The fourth-order valence-corrected chi connectivity index (χ4v) is 3.53. The number of hydrogen-bond acceptors (Lipinski definition) is 8. The van der Waals surface area contributed by atoms with E-state index in [1.807, 2.05) is 0 Å². The zero-order valence-electron chi connectivity index (χ0n) is 15.3. The van der Waals surface area contributed by atoms with Crippen LogP contribution in [0.15, 0.2) is 21.3 Å². The van der Waals surface area contributed by atoms with Crippen LogP contribution in [0.5, 0.6) is 5.75 Å². The van der Waals surface area contributed by atoms with Crippen molar-refractivity contribution in [1.82, 2.24) is 0 Å². The summed E-state index contributed by atoms with van der Waals surface area (Å²) in [6.07, 6.45) is -7.04. The van der Waals surface area contributed by atoms with Gasteiger partial charge in [-0.25, -0.2) is 0 Å². The second-order valence-electron chi connectivity index (χ2n) is 7.19. The SMILES string of the molecule is Cc1cc(O)c(C2OC(C)C(O)C(O)C2O)c2oc(CC(C)O)cc(=O)c12. The maximum atomic E-state index is 12.6. The standard InChI is InChI=1S/C19H24O8/c1-7-4-11(21)14(19-17(25)16(24)15(23)9(3)26-19)18-13(7)12(22)6-10(27-18)5-8(2)20/h4,6,8-9,15-17,19-21,23-25H,5H2,1-3H3. The average Bonchev–Trinajstić information content (AvgIpc) is 2.56. The number of aliphatic hydroxyl groups excluding tert-OH is 4. The van der Waals surface area contributed by atoms with E-state index >= 15 is 0 Å². The highest BCUT2D eigenvalue weighted by atomic mass is 16.5. The third-order valence-electron chi connectivity index (χ3n) is 4.90. The molecule has 1 fully saturated rings. The first kappa shape index (κ1) is 19.8. The molecule has 8 nitrogen and oxygen atoms in total. The van der Waals surface area contributed by atoms with Gasteiger partial charge in [0.05, 0.1) is 23.2 Å². The molecule has 2 heterocycles. The first-order valence-corrected chi connectivity index (χ1v) is 8.78. The van der Waals surface area contributed by atoms with Crippen molar-refractivity contribution in [3.63, 3.8) is 0 Å².